The fraction of sp³-hybridized carbons (Fsp3) is 0.667. The van der Waals surface area contributed by atoms with Gasteiger partial charge in [0.15, 0.2) is 0 Å². The highest BCUT2D eigenvalue weighted by atomic mass is 16.2. The van der Waals surface area contributed by atoms with Gasteiger partial charge in [-0.3, -0.25) is 4.79 Å². The number of carbonyl (C=O) groups excluding carboxylic acids is 2. The molecular formula is C18H28N6O2. The van der Waals surface area contributed by atoms with Gasteiger partial charge in [0.25, 0.3) is 0 Å². The lowest BCUT2D eigenvalue weighted by Gasteiger charge is -2.35. The smallest absolute Gasteiger partial charge is 0.319 e. The predicted octanol–water partition coefficient (Wildman–Crippen LogP) is 0.909. The molecule has 8 heteroatoms. The van der Waals surface area contributed by atoms with Crippen LogP contribution in [-0.4, -0.2) is 90.0 Å². The molecule has 8 nitrogen and oxygen atoms in total. The van der Waals surface area contributed by atoms with Crippen molar-refractivity contribution in [2.75, 3.05) is 58.3 Å². The molecule has 2 fully saturated rings. The van der Waals surface area contributed by atoms with Crippen LogP contribution in [0.1, 0.15) is 19.3 Å². The first-order valence-corrected chi connectivity index (χ1v) is 9.33. The van der Waals surface area contributed by atoms with Gasteiger partial charge in [0.1, 0.15) is 0 Å². The van der Waals surface area contributed by atoms with E-state index in [1.165, 1.54) is 0 Å². The van der Waals surface area contributed by atoms with E-state index in [2.05, 4.69) is 14.9 Å². The molecular weight excluding hydrogens is 332 g/mol. The van der Waals surface area contributed by atoms with Gasteiger partial charge < -0.3 is 19.6 Å². The normalized spacial score (nSPS) is 21.3. The number of aromatic nitrogens is 2. The summed E-state index contributed by atoms with van der Waals surface area (Å²) in [5, 5.41) is 0. The summed E-state index contributed by atoms with van der Waals surface area (Å²) in [7, 11) is 3.51. The Morgan fingerprint density at radius 3 is 2.46 bits per heavy atom. The summed E-state index contributed by atoms with van der Waals surface area (Å²) in [5.41, 5.74) is 0. The number of carbonyl (C=O) groups is 2. The SMILES string of the molecule is CN(C)C(=O)N1CCCC(C(=O)N2CCCN(c3ncccn3)CC2)C1. The van der Waals surface area contributed by atoms with Crippen LogP contribution in [0.3, 0.4) is 0 Å². The van der Waals surface area contributed by atoms with Crippen molar-refractivity contribution < 1.29 is 9.59 Å². The number of hydrogen-bond acceptors (Lipinski definition) is 5. The second kappa shape index (κ2) is 8.33. The Labute approximate surface area is 154 Å². The molecule has 26 heavy (non-hydrogen) atoms. The second-order valence-electron chi connectivity index (χ2n) is 7.18. The van der Waals surface area contributed by atoms with E-state index >= 15 is 0 Å². The molecule has 1 unspecified atom stereocenters. The van der Waals surface area contributed by atoms with Crippen LogP contribution in [0, 0.1) is 5.92 Å². The number of amides is 3. The maximum absolute atomic E-state index is 13.0. The van der Waals surface area contributed by atoms with Crippen LogP contribution in [0.15, 0.2) is 18.5 Å². The lowest BCUT2D eigenvalue weighted by atomic mass is 9.96. The van der Waals surface area contributed by atoms with Crippen LogP contribution < -0.4 is 4.90 Å². The molecule has 3 amide bonds. The molecule has 0 bridgehead atoms. The van der Waals surface area contributed by atoms with Gasteiger partial charge in [-0.15, -0.1) is 0 Å². The van der Waals surface area contributed by atoms with Crippen molar-refractivity contribution in [1.82, 2.24) is 24.7 Å². The third kappa shape index (κ3) is 4.23. The summed E-state index contributed by atoms with van der Waals surface area (Å²) in [6, 6.07) is 1.80. The maximum Gasteiger partial charge on any atom is 0.319 e. The molecule has 0 saturated carbocycles. The third-order valence-electron chi connectivity index (χ3n) is 5.07. The summed E-state index contributed by atoms with van der Waals surface area (Å²) in [5.74, 6) is 0.812. The van der Waals surface area contributed by atoms with Crippen LogP contribution >= 0.6 is 0 Å². The summed E-state index contributed by atoms with van der Waals surface area (Å²) < 4.78 is 0. The maximum atomic E-state index is 13.0. The standard InChI is InChI=1S/C18H28N6O2/c1-21(2)18(26)24-9-3-6-15(14-24)16(25)22-10-5-11-23(13-12-22)17-19-7-4-8-20-17/h4,7-8,15H,3,5-6,9-14H2,1-2H3. The van der Waals surface area contributed by atoms with Crippen LogP contribution in [0.5, 0.6) is 0 Å². The quantitative estimate of drug-likeness (QED) is 0.784. The molecule has 1 atom stereocenters. The third-order valence-corrected chi connectivity index (χ3v) is 5.07. The first-order chi connectivity index (χ1) is 12.6. The predicted molar refractivity (Wildman–Crippen MR) is 98.8 cm³/mol. The second-order valence-corrected chi connectivity index (χ2v) is 7.18. The minimum atomic E-state index is -0.0906. The van der Waals surface area contributed by atoms with Gasteiger partial charge in [-0.2, -0.15) is 0 Å². The van der Waals surface area contributed by atoms with Crippen LogP contribution in [0.4, 0.5) is 10.7 Å². The molecule has 3 rings (SSSR count). The molecule has 0 aliphatic carbocycles. The highest BCUT2D eigenvalue weighted by Gasteiger charge is 2.32. The Morgan fingerprint density at radius 1 is 1.00 bits per heavy atom. The summed E-state index contributed by atoms with van der Waals surface area (Å²) in [4.78, 5) is 41.3. The minimum Gasteiger partial charge on any atom is -0.341 e. The zero-order valence-electron chi connectivity index (χ0n) is 15.7. The monoisotopic (exact) mass is 360 g/mol. The van der Waals surface area contributed by atoms with E-state index < -0.39 is 0 Å². The van der Waals surface area contributed by atoms with Gasteiger partial charge >= 0.3 is 6.03 Å². The topological polar surface area (TPSA) is 72.9 Å². The van der Waals surface area contributed by atoms with Crippen molar-refractivity contribution in [1.29, 1.82) is 0 Å². The fourth-order valence-corrected chi connectivity index (χ4v) is 3.69. The molecule has 1 aromatic rings. The van der Waals surface area contributed by atoms with Gasteiger partial charge in [0.05, 0.1) is 5.92 Å². The lowest BCUT2D eigenvalue weighted by molar-refractivity contribution is -0.136. The molecule has 0 aromatic carbocycles. The number of anilines is 1. The average molecular weight is 360 g/mol. The van der Waals surface area contributed by atoms with Crippen molar-refractivity contribution in [3.05, 3.63) is 18.5 Å². The Morgan fingerprint density at radius 2 is 1.73 bits per heavy atom. The molecule has 2 aliphatic rings. The molecule has 2 saturated heterocycles. The minimum absolute atomic E-state index is 0.00855. The number of likely N-dealkylation sites (tertiary alicyclic amines) is 1. The van der Waals surface area contributed by atoms with E-state index in [0.717, 1.165) is 51.4 Å². The average Bonchev–Trinajstić information content (AvgIpc) is 2.94. The molecule has 0 spiro atoms. The Hall–Kier alpha value is -2.38. The van der Waals surface area contributed by atoms with Crippen molar-refractivity contribution in [2.45, 2.75) is 19.3 Å². The number of rotatable bonds is 2. The Kier molecular flexibility index (Phi) is 5.90. The highest BCUT2D eigenvalue weighted by Crippen LogP contribution is 2.21. The van der Waals surface area contributed by atoms with E-state index in [4.69, 9.17) is 0 Å². The zero-order valence-corrected chi connectivity index (χ0v) is 15.7. The summed E-state index contributed by atoms with van der Waals surface area (Å²) >= 11 is 0. The van der Waals surface area contributed by atoms with Crippen molar-refractivity contribution in [3.63, 3.8) is 0 Å². The number of nitrogens with zero attached hydrogens (tertiary/aromatic N) is 6. The van der Waals surface area contributed by atoms with E-state index in [1.54, 1.807) is 42.4 Å². The first-order valence-electron chi connectivity index (χ1n) is 9.33. The largest absolute Gasteiger partial charge is 0.341 e. The lowest BCUT2D eigenvalue weighted by Crippen LogP contribution is -2.49. The number of piperidine rings is 1. The summed E-state index contributed by atoms with van der Waals surface area (Å²) in [6.45, 7) is 4.28. The highest BCUT2D eigenvalue weighted by molar-refractivity contribution is 5.81. The molecule has 0 radical (unpaired) electrons. The van der Waals surface area contributed by atoms with Gasteiger partial charge in [-0.05, 0) is 25.3 Å². The zero-order chi connectivity index (χ0) is 18.5. The molecule has 0 N–H and O–H groups in total. The Balaban J connectivity index is 1.58. The summed E-state index contributed by atoms with van der Waals surface area (Å²) in [6.07, 6.45) is 6.13. The molecule has 142 valence electrons. The van der Waals surface area contributed by atoms with Crippen LogP contribution in [0.25, 0.3) is 0 Å². The van der Waals surface area contributed by atoms with Gasteiger partial charge in [-0.25, -0.2) is 14.8 Å². The van der Waals surface area contributed by atoms with E-state index in [9.17, 15) is 9.59 Å². The van der Waals surface area contributed by atoms with E-state index in [0.29, 0.717) is 13.1 Å². The van der Waals surface area contributed by atoms with Gasteiger partial charge in [0.2, 0.25) is 11.9 Å². The van der Waals surface area contributed by atoms with Crippen molar-refractivity contribution in [2.24, 2.45) is 5.92 Å². The Bertz CT molecular complexity index is 623. The van der Waals surface area contributed by atoms with Gasteiger partial charge in [0, 0.05) is 65.8 Å². The van der Waals surface area contributed by atoms with Gasteiger partial charge in [-0.1, -0.05) is 0 Å². The van der Waals surface area contributed by atoms with Crippen molar-refractivity contribution >= 4 is 17.9 Å². The van der Waals surface area contributed by atoms with Crippen LogP contribution in [0.2, 0.25) is 0 Å². The molecule has 3 heterocycles. The van der Waals surface area contributed by atoms with Crippen molar-refractivity contribution in [3.8, 4) is 0 Å². The van der Waals surface area contributed by atoms with Crippen LogP contribution in [-0.2, 0) is 4.79 Å². The number of urea groups is 1. The molecule has 2 aliphatic heterocycles. The first kappa shape index (κ1) is 18.4. The van der Waals surface area contributed by atoms with E-state index in [-0.39, 0.29) is 17.9 Å². The fourth-order valence-electron chi connectivity index (χ4n) is 3.69. The molecule has 1 aromatic heterocycles. The van der Waals surface area contributed by atoms with E-state index in [1.807, 2.05) is 4.90 Å². The number of hydrogen-bond donors (Lipinski definition) is 0.